The van der Waals surface area contributed by atoms with Gasteiger partial charge in [-0.1, -0.05) is 19.8 Å². The lowest BCUT2D eigenvalue weighted by Crippen LogP contribution is -2.48. The van der Waals surface area contributed by atoms with E-state index in [0.29, 0.717) is 19.4 Å². The minimum Gasteiger partial charge on any atom is -0.480 e. The van der Waals surface area contributed by atoms with E-state index < -0.39 is 24.0 Å². The van der Waals surface area contributed by atoms with Crippen LogP contribution in [-0.4, -0.2) is 41.6 Å². The second-order valence-electron chi connectivity index (χ2n) is 4.60. The molecule has 0 aromatic carbocycles. The van der Waals surface area contributed by atoms with Gasteiger partial charge in [0.25, 0.3) is 0 Å². The molecule has 2 atom stereocenters. The van der Waals surface area contributed by atoms with Crippen molar-refractivity contribution in [2.75, 3.05) is 6.54 Å². The van der Waals surface area contributed by atoms with E-state index in [4.69, 9.17) is 22.3 Å². The van der Waals surface area contributed by atoms with Crippen LogP contribution in [0.25, 0.3) is 0 Å². The van der Waals surface area contributed by atoms with Gasteiger partial charge < -0.3 is 27.6 Å². The van der Waals surface area contributed by atoms with Gasteiger partial charge in [0.15, 0.2) is 5.96 Å². The minimum atomic E-state index is -1.09. The second kappa shape index (κ2) is 10.0. The van der Waals surface area contributed by atoms with E-state index in [9.17, 15) is 9.59 Å². The first-order valence-corrected chi connectivity index (χ1v) is 6.72. The fourth-order valence-corrected chi connectivity index (χ4v) is 1.59. The lowest BCUT2D eigenvalue weighted by atomic mass is 10.1. The molecule has 8 heteroatoms. The van der Waals surface area contributed by atoms with Crippen LogP contribution in [-0.2, 0) is 9.59 Å². The molecule has 8 nitrogen and oxygen atoms in total. The highest BCUT2D eigenvalue weighted by Crippen LogP contribution is 2.02. The van der Waals surface area contributed by atoms with Gasteiger partial charge in [-0.2, -0.15) is 0 Å². The van der Waals surface area contributed by atoms with E-state index in [1.807, 2.05) is 6.92 Å². The van der Waals surface area contributed by atoms with E-state index in [1.54, 1.807) is 0 Å². The number of rotatable bonds is 10. The standard InChI is InChI=1S/C12H25N5O3/c1-2-3-5-8(13)10(18)17-9(11(19)20)6-4-7-16-12(14)15/h8-9H,2-7,13H2,1H3,(H,17,18)(H,19,20)(H4,14,15,16)/t8-,9-/m1/s1. The molecule has 0 saturated carbocycles. The van der Waals surface area contributed by atoms with E-state index in [1.165, 1.54) is 0 Å². The number of aliphatic carboxylic acids is 1. The topological polar surface area (TPSA) is 157 Å². The molecule has 0 aromatic heterocycles. The molecule has 0 rings (SSSR count). The van der Waals surface area contributed by atoms with Gasteiger partial charge in [0, 0.05) is 6.54 Å². The number of carboxylic acid groups (broad SMARTS) is 1. The average Bonchev–Trinajstić information content (AvgIpc) is 2.38. The van der Waals surface area contributed by atoms with Crippen molar-refractivity contribution in [1.29, 1.82) is 0 Å². The quantitative estimate of drug-likeness (QED) is 0.199. The SMILES string of the molecule is CCCC[C@@H](N)C(=O)N[C@H](CCCN=C(N)N)C(=O)O. The van der Waals surface area contributed by atoms with Crippen molar-refractivity contribution in [3.05, 3.63) is 0 Å². The lowest BCUT2D eigenvalue weighted by molar-refractivity contribution is -0.142. The summed E-state index contributed by atoms with van der Waals surface area (Å²) in [6, 6.07) is -1.64. The number of aliphatic imine (C=N–C) groups is 1. The maximum Gasteiger partial charge on any atom is 0.326 e. The first-order chi connectivity index (χ1) is 9.38. The van der Waals surface area contributed by atoms with E-state index in [0.717, 1.165) is 12.8 Å². The molecule has 0 spiro atoms. The molecular formula is C12H25N5O3. The zero-order valence-electron chi connectivity index (χ0n) is 11.8. The Balaban J connectivity index is 4.22. The van der Waals surface area contributed by atoms with Gasteiger partial charge in [-0.25, -0.2) is 4.79 Å². The van der Waals surface area contributed by atoms with Crippen LogP contribution < -0.4 is 22.5 Å². The molecule has 20 heavy (non-hydrogen) atoms. The Morgan fingerprint density at radius 2 is 1.90 bits per heavy atom. The van der Waals surface area contributed by atoms with E-state index in [2.05, 4.69) is 10.3 Å². The molecule has 116 valence electrons. The number of unbranched alkanes of at least 4 members (excludes halogenated alkanes) is 1. The fraction of sp³-hybridized carbons (Fsp3) is 0.750. The number of nitrogens with zero attached hydrogens (tertiary/aromatic N) is 1. The number of hydrogen-bond donors (Lipinski definition) is 5. The molecule has 0 bridgehead atoms. The monoisotopic (exact) mass is 287 g/mol. The molecule has 1 amide bonds. The Bertz CT molecular complexity index is 342. The first kappa shape index (κ1) is 18.2. The smallest absolute Gasteiger partial charge is 0.326 e. The fourth-order valence-electron chi connectivity index (χ4n) is 1.59. The van der Waals surface area contributed by atoms with Gasteiger partial charge in [0.2, 0.25) is 5.91 Å². The number of carbonyl (C=O) groups excluding carboxylic acids is 1. The van der Waals surface area contributed by atoms with Gasteiger partial charge in [0.05, 0.1) is 6.04 Å². The summed E-state index contributed by atoms with van der Waals surface area (Å²) in [5.41, 5.74) is 16.0. The molecule has 0 fully saturated rings. The zero-order valence-corrected chi connectivity index (χ0v) is 11.8. The van der Waals surface area contributed by atoms with Gasteiger partial charge in [-0.3, -0.25) is 9.79 Å². The highest BCUT2D eigenvalue weighted by atomic mass is 16.4. The Hall–Kier alpha value is -1.83. The van der Waals surface area contributed by atoms with Crippen molar-refractivity contribution in [1.82, 2.24) is 5.32 Å². The molecule has 8 N–H and O–H groups in total. The first-order valence-electron chi connectivity index (χ1n) is 6.72. The molecular weight excluding hydrogens is 262 g/mol. The summed E-state index contributed by atoms with van der Waals surface area (Å²) < 4.78 is 0. The maximum absolute atomic E-state index is 11.7. The largest absolute Gasteiger partial charge is 0.480 e. The van der Waals surface area contributed by atoms with Crippen LogP contribution in [0.15, 0.2) is 4.99 Å². The Morgan fingerprint density at radius 1 is 1.25 bits per heavy atom. The summed E-state index contributed by atoms with van der Waals surface area (Å²) in [7, 11) is 0. The third kappa shape index (κ3) is 8.30. The van der Waals surface area contributed by atoms with Gasteiger partial charge in [-0.15, -0.1) is 0 Å². The van der Waals surface area contributed by atoms with Gasteiger partial charge in [0.1, 0.15) is 6.04 Å². The molecule has 0 aliphatic carbocycles. The van der Waals surface area contributed by atoms with Crippen molar-refractivity contribution in [2.45, 2.75) is 51.1 Å². The summed E-state index contributed by atoms with van der Waals surface area (Å²) >= 11 is 0. The Kier molecular flexibility index (Phi) is 9.10. The van der Waals surface area contributed by atoms with Gasteiger partial charge in [-0.05, 0) is 19.3 Å². The highest BCUT2D eigenvalue weighted by Gasteiger charge is 2.22. The predicted octanol–water partition coefficient (Wildman–Crippen LogP) is -0.873. The van der Waals surface area contributed by atoms with Crippen LogP contribution in [0.5, 0.6) is 0 Å². The van der Waals surface area contributed by atoms with Crippen molar-refractivity contribution in [3.8, 4) is 0 Å². The zero-order chi connectivity index (χ0) is 15.5. The third-order valence-corrected chi connectivity index (χ3v) is 2.77. The average molecular weight is 287 g/mol. The molecule has 0 aliphatic heterocycles. The van der Waals surface area contributed by atoms with Crippen LogP contribution in [0.3, 0.4) is 0 Å². The Labute approximate surface area is 118 Å². The van der Waals surface area contributed by atoms with Gasteiger partial charge >= 0.3 is 5.97 Å². The highest BCUT2D eigenvalue weighted by molar-refractivity contribution is 5.86. The number of amides is 1. The van der Waals surface area contributed by atoms with Crippen LogP contribution >= 0.6 is 0 Å². The number of carboxylic acids is 1. The van der Waals surface area contributed by atoms with E-state index >= 15 is 0 Å². The van der Waals surface area contributed by atoms with Crippen LogP contribution in [0.2, 0.25) is 0 Å². The molecule has 0 aromatic rings. The molecule has 0 radical (unpaired) electrons. The van der Waals surface area contributed by atoms with Crippen molar-refractivity contribution in [3.63, 3.8) is 0 Å². The van der Waals surface area contributed by atoms with E-state index in [-0.39, 0.29) is 12.4 Å². The molecule has 0 aliphatic rings. The molecule has 0 saturated heterocycles. The number of hydrogen-bond acceptors (Lipinski definition) is 4. The summed E-state index contributed by atoms with van der Waals surface area (Å²) in [6.45, 7) is 2.32. The second-order valence-corrected chi connectivity index (χ2v) is 4.60. The minimum absolute atomic E-state index is 0.0394. The van der Waals surface area contributed by atoms with Crippen LogP contribution in [0.4, 0.5) is 0 Å². The van der Waals surface area contributed by atoms with Crippen LogP contribution in [0, 0.1) is 0 Å². The number of carbonyl (C=O) groups is 2. The summed E-state index contributed by atoms with van der Waals surface area (Å²) in [5.74, 6) is -1.57. The summed E-state index contributed by atoms with van der Waals surface area (Å²) in [6.07, 6.45) is 3.01. The molecule has 0 unspecified atom stereocenters. The number of nitrogens with one attached hydrogen (secondary N) is 1. The summed E-state index contributed by atoms with van der Waals surface area (Å²) in [4.78, 5) is 26.5. The summed E-state index contributed by atoms with van der Waals surface area (Å²) in [5, 5.41) is 11.5. The number of guanidine groups is 1. The normalized spacial score (nSPS) is 13.3. The van der Waals surface area contributed by atoms with Crippen molar-refractivity contribution in [2.24, 2.45) is 22.2 Å². The maximum atomic E-state index is 11.7. The Morgan fingerprint density at radius 3 is 2.40 bits per heavy atom. The predicted molar refractivity (Wildman–Crippen MR) is 77.0 cm³/mol. The van der Waals surface area contributed by atoms with Crippen molar-refractivity contribution >= 4 is 17.8 Å². The lowest BCUT2D eigenvalue weighted by Gasteiger charge is -2.17. The number of nitrogens with two attached hydrogens (primary N) is 3. The third-order valence-electron chi connectivity index (χ3n) is 2.77. The van der Waals surface area contributed by atoms with Crippen LogP contribution in [0.1, 0.15) is 39.0 Å². The van der Waals surface area contributed by atoms with Crippen molar-refractivity contribution < 1.29 is 14.7 Å². The molecule has 0 heterocycles.